The summed E-state index contributed by atoms with van der Waals surface area (Å²) in [6.07, 6.45) is 4.79. The molecule has 0 aromatic heterocycles. The first-order chi connectivity index (χ1) is 7.15. The van der Waals surface area contributed by atoms with Crippen LogP contribution in [0.3, 0.4) is 0 Å². The molecule has 0 aliphatic heterocycles. The van der Waals surface area contributed by atoms with E-state index in [0.717, 1.165) is 25.8 Å². The molecule has 1 aliphatic carbocycles. The fourth-order valence-electron chi connectivity index (χ4n) is 1.85. The molecule has 5 heteroatoms. The van der Waals surface area contributed by atoms with Crippen LogP contribution in [0.5, 0.6) is 0 Å². The zero-order valence-corrected chi connectivity index (χ0v) is 11.7. The number of hydrogen-bond donors (Lipinski definition) is 3. The topological polar surface area (TPSA) is 51.7 Å². The number of hydrogen-bond acceptors (Lipinski definition) is 2. The van der Waals surface area contributed by atoms with E-state index in [1.165, 1.54) is 0 Å². The summed E-state index contributed by atoms with van der Waals surface area (Å²) in [6.45, 7) is 3.00. The second-order valence-electron chi connectivity index (χ2n) is 3.99. The Balaban J connectivity index is 2.35. The fraction of sp³-hybridized carbons (Fsp3) is 0.800. The molecule has 0 aromatic carbocycles. The summed E-state index contributed by atoms with van der Waals surface area (Å²) in [6, 6.07) is 0. The van der Waals surface area contributed by atoms with Crippen LogP contribution < -0.4 is 11.0 Å². The van der Waals surface area contributed by atoms with E-state index in [9.17, 15) is 4.39 Å². The normalized spacial score (nSPS) is 24.7. The third kappa shape index (κ3) is 4.34. The van der Waals surface area contributed by atoms with Gasteiger partial charge in [0.05, 0.1) is 0 Å². The van der Waals surface area contributed by atoms with Crippen molar-refractivity contribution in [2.24, 2.45) is 11.8 Å². The SMILES string of the molecule is CNI([NH3+])NCC(C)C1CCCC=C1F. The van der Waals surface area contributed by atoms with Crippen molar-refractivity contribution >= 4 is 20.6 Å². The predicted octanol–water partition coefficient (Wildman–Crippen LogP) is 1.58. The molecule has 0 saturated heterocycles. The van der Waals surface area contributed by atoms with Crippen LogP contribution in [0.2, 0.25) is 0 Å². The summed E-state index contributed by atoms with van der Waals surface area (Å²) in [5.41, 5.74) is 0. The molecule has 0 spiro atoms. The van der Waals surface area contributed by atoms with Gasteiger partial charge in [-0.1, -0.05) is 0 Å². The first kappa shape index (κ1) is 13.3. The van der Waals surface area contributed by atoms with Gasteiger partial charge < -0.3 is 0 Å². The molecule has 90 valence electrons. The zero-order chi connectivity index (χ0) is 11.3. The number of rotatable bonds is 5. The maximum atomic E-state index is 13.5. The monoisotopic (exact) mass is 330 g/mol. The van der Waals surface area contributed by atoms with Crippen LogP contribution in [0.4, 0.5) is 4.39 Å². The van der Waals surface area contributed by atoms with Gasteiger partial charge in [-0.15, -0.1) is 0 Å². The molecule has 0 fully saturated rings. The summed E-state index contributed by atoms with van der Waals surface area (Å²) in [4.78, 5) is 0. The second kappa shape index (κ2) is 6.78. The molecule has 0 radical (unpaired) electrons. The van der Waals surface area contributed by atoms with Crippen molar-refractivity contribution in [3.8, 4) is 0 Å². The minimum absolute atomic E-state index is 0.101. The molecule has 0 saturated carbocycles. The van der Waals surface area contributed by atoms with E-state index >= 15 is 0 Å². The molecule has 15 heavy (non-hydrogen) atoms. The van der Waals surface area contributed by atoms with Crippen molar-refractivity contribution in [2.75, 3.05) is 13.6 Å². The number of allylic oxidation sites excluding steroid dienone is 2. The van der Waals surface area contributed by atoms with Gasteiger partial charge in [0.15, 0.2) is 0 Å². The Morgan fingerprint density at radius 2 is 2.47 bits per heavy atom. The van der Waals surface area contributed by atoms with E-state index in [-0.39, 0.29) is 11.7 Å². The van der Waals surface area contributed by atoms with Gasteiger partial charge in [0.2, 0.25) is 0 Å². The predicted molar refractivity (Wildman–Crippen MR) is 69.7 cm³/mol. The summed E-state index contributed by atoms with van der Waals surface area (Å²) in [5, 5.41) is 0. The van der Waals surface area contributed by atoms with E-state index in [1.807, 2.05) is 7.05 Å². The number of nitrogens with one attached hydrogen (secondary N) is 2. The zero-order valence-electron chi connectivity index (χ0n) is 9.52. The Morgan fingerprint density at radius 1 is 1.73 bits per heavy atom. The Hall–Kier alpha value is 0.280. The Bertz CT molecular complexity index is 223. The van der Waals surface area contributed by atoms with Gasteiger partial charge in [0.1, 0.15) is 0 Å². The Kier molecular flexibility index (Phi) is 6.03. The van der Waals surface area contributed by atoms with Crippen LogP contribution in [0.1, 0.15) is 26.2 Å². The van der Waals surface area contributed by atoms with Gasteiger partial charge in [0.25, 0.3) is 0 Å². The fourth-order valence-corrected chi connectivity index (χ4v) is 3.45. The molecule has 1 rings (SSSR count). The van der Waals surface area contributed by atoms with Crippen molar-refractivity contribution in [1.82, 2.24) is 7.06 Å². The Morgan fingerprint density at radius 3 is 3.07 bits per heavy atom. The number of quaternary nitrogens is 1. The standard InChI is InChI=1S/C10H21FIN3/c1-8(7-15-12(13)14-2)9-5-3-4-6-10(9)11/h6,8-9,14-15H,3-5,7,13H2,1-2H3/p+1. The van der Waals surface area contributed by atoms with E-state index in [2.05, 4.69) is 17.9 Å². The third-order valence-electron chi connectivity index (χ3n) is 2.89. The van der Waals surface area contributed by atoms with Crippen molar-refractivity contribution in [3.05, 3.63) is 11.9 Å². The van der Waals surface area contributed by atoms with Gasteiger partial charge >= 0.3 is 99.6 Å². The van der Waals surface area contributed by atoms with E-state index in [4.69, 9.17) is 0 Å². The van der Waals surface area contributed by atoms with E-state index in [0.29, 0.717) is 5.92 Å². The van der Waals surface area contributed by atoms with E-state index in [1.54, 1.807) is 6.08 Å². The summed E-state index contributed by atoms with van der Waals surface area (Å²) in [5.74, 6) is 0.605. The van der Waals surface area contributed by atoms with Gasteiger partial charge in [-0.3, -0.25) is 0 Å². The molecular formula is C10H22FIN3+. The molecule has 3 nitrogen and oxygen atoms in total. The molecule has 1 aliphatic rings. The van der Waals surface area contributed by atoms with Gasteiger partial charge in [-0.25, -0.2) is 0 Å². The van der Waals surface area contributed by atoms with Crippen LogP contribution in [-0.2, 0) is 0 Å². The van der Waals surface area contributed by atoms with Crippen molar-refractivity contribution in [2.45, 2.75) is 26.2 Å². The van der Waals surface area contributed by atoms with Gasteiger partial charge in [0, 0.05) is 0 Å². The Labute approximate surface area is 99.5 Å². The maximum absolute atomic E-state index is 13.5. The van der Waals surface area contributed by atoms with Gasteiger partial charge in [-0.2, -0.15) is 0 Å². The summed E-state index contributed by atoms with van der Waals surface area (Å²) >= 11 is -1.36. The van der Waals surface area contributed by atoms with Crippen LogP contribution in [0.25, 0.3) is 0 Å². The third-order valence-corrected chi connectivity index (χ3v) is 5.55. The first-order valence-electron chi connectivity index (χ1n) is 5.40. The van der Waals surface area contributed by atoms with Crippen molar-refractivity contribution in [3.63, 3.8) is 0 Å². The first-order valence-corrected chi connectivity index (χ1v) is 9.08. The number of halogens is 2. The van der Waals surface area contributed by atoms with Crippen LogP contribution in [0, 0.1) is 11.8 Å². The molecule has 5 N–H and O–H groups in total. The second-order valence-corrected chi connectivity index (χ2v) is 7.90. The quantitative estimate of drug-likeness (QED) is 0.530. The molecule has 0 bridgehead atoms. The molecule has 2 unspecified atom stereocenters. The average Bonchev–Trinajstić information content (AvgIpc) is 2.26. The van der Waals surface area contributed by atoms with Crippen LogP contribution >= 0.6 is 20.6 Å². The molecule has 2 atom stereocenters. The summed E-state index contributed by atoms with van der Waals surface area (Å²) in [7, 11) is 1.93. The van der Waals surface area contributed by atoms with Crippen LogP contribution in [0.15, 0.2) is 11.9 Å². The van der Waals surface area contributed by atoms with Crippen molar-refractivity contribution < 1.29 is 8.34 Å². The van der Waals surface area contributed by atoms with Crippen molar-refractivity contribution in [1.29, 1.82) is 0 Å². The molecule has 0 heterocycles. The summed E-state index contributed by atoms with van der Waals surface area (Å²) < 4.78 is 24.1. The molecule has 0 amide bonds. The van der Waals surface area contributed by atoms with E-state index < -0.39 is 20.6 Å². The molecular weight excluding hydrogens is 308 g/mol. The van der Waals surface area contributed by atoms with Gasteiger partial charge in [-0.05, 0) is 0 Å². The van der Waals surface area contributed by atoms with Crippen LogP contribution in [-0.4, -0.2) is 13.6 Å². The molecule has 0 aromatic rings. The average molecular weight is 330 g/mol. The minimum atomic E-state index is -1.36.